The SMILES string of the molecule is C=CC(=O)OCCOB(OCCOC(=O)C=C)OCCOC(=O)C=C. The van der Waals surface area contributed by atoms with E-state index < -0.39 is 25.2 Å². The van der Waals surface area contributed by atoms with Crippen LogP contribution >= 0.6 is 0 Å². The molecule has 0 aromatic heterocycles. The lowest BCUT2D eigenvalue weighted by atomic mass is 10.2. The smallest absolute Gasteiger partial charge is 0.460 e. The normalized spacial score (nSPS) is 9.60. The molecule has 0 aliphatic rings. The highest BCUT2D eigenvalue weighted by Crippen LogP contribution is 1.95. The Morgan fingerprint density at radius 2 is 0.880 bits per heavy atom. The van der Waals surface area contributed by atoms with Gasteiger partial charge in [0.25, 0.3) is 0 Å². The van der Waals surface area contributed by atoms with E-state index in [0.717, 1.165) is 18.2 Å². The van der Waals surface area contributed by atoms with Crippen molar-refractivity contribution in [3.05, 3.63) is 38.0 Å². The molecule has 0 aliphatic heterocycles. The average Bonchev–Trinajstić information content (AvgIpc) is 2.63. The fourth-order valence-corrected chi connectivity index (χ4v) is 1.18. The molecule has 0 heterocycles. The van der Waals surface area contributed by atoms with Crippen LogP contribution in [0.2, 0.25) is 0 Å². The molecule has 9 nitrogen and oxygen atoms in total. The van der Waals surface area contributed by atoms with E-state index >= 15 is 0 Å². The van der Waals surface area contributed by atoms with Gasteiger partial charge in [-0.1, -0.05) is 19.7 Å². The summed E-state index contributed by atoms with van der Waals surface area (Å²) in [5.74, 6) is -1.76. The van der Waals surface area contributed by atoms with Crippen LogP contribution in [0.25, 0.3) is 0 Å². The maximum Gasteiger partial charge on any atom is 0.639 e. The van der Waals surface area contributed by atoms with Crippen LogP contribution in [0.1, 0.15) is 0 Å². The molecular formula is C15H21BO9. The van der Waals surface area contributed by atoms with Gasteiger partial charge < -0.3 is 28.2 Å². The third-order valence-corrected chi connectivity index (χ3v) is 2.24. The lowest BCUT2D eigenvalue weighted by Crippen LogP contribution is -2.32. The topological polar surface area (TPSA) is 107 Å². The van der Waals surface area contributed by atoms with Crippen LogP contribution < -0.4 is 0 Å². The number of hydrogen-bond donors (Lipinski definition) is 0. The second kappa shape index (κ2) is 15.1. The molecule has 0 saturated carbocycles. The Morgan fingerprint density at radius 1 is 0.600 bits per heavy atom. The van der Waals surface area contributed by atoms with Crippen molar-refractivity contribution in [3.8, 4) is 0 Å². The van der Waals surface area contributed by atoms with Crippen LogP contribution in [-0.4, -0.2) is 64.9 Å². The Labute approximate surface area is 146 Å². The first kappa shape index (κ1) is 22.6. The second-order valence-corrected chi connectivity index (χ2v) is 4.02. The van der Waals surface area contributed by atoms with Gasteiger partial charge in [-0.15, -0.1) is 0 Å². The number of carbonyl (C=O) groups excluding carboxylic acids is 3. The summed E-state index contributed by atoms with van der Waals surface area (Å²) in [6, 6.07) is 0. The second-order valence-electron chi connectivity index (χ2n) is 4.02. The van der Waals surface area contributed by atoms with E-state index in [9.17, 15) is 14.4 Å². The molecule has 0 aromatic rings. The van der Waals surface area contributed by atoms with Gasteiger partial charge in [0, 0.05) is 18.2 Å². The third kappa shape index (κ3) is 13.7. The minimum Gasteiger partial charge on any atom is -0.460 e. The number of ether oxygens (including phenoxy) is 3. The lowest BCUT2D eigenvalue weighted by Gasteiger charge is -2.14. The van der Waals surface area contributed by atoms with E-state index in [1.54, 1.807) is 0 Å². The summed E-state index contributed by atoms with van der Waals surface area (Å²) in [7, 11) is -1.13. The van der Waals surface area contributed by atoms with Crippen molar-refractivity contribution in [3.63, 3.8) is 0 Å². The van der Waals surface area contributed by atoms with Gasteiger partial charge >= 0.3 is 25.2 Å². The molecule has 0 aliphatic carbocycles. The van der Waals surface area contributed by atoms with Crippen molar-refractivity contribution >= 4 is 25.2 Å². The quantitative estimate of drug-likeness (QED) is 0.134. The molecular weight excluding hydrogens is 335 g/mol. The number of esters is 3. The van der Waals surface area contributed by atoms with E-state index in [1.165, 1.54) is 0 Å². The number of rotatable bonds is 15. The number of hydrogen-bond acceptors (Lipinski definition) is 9. The summed E-state index contributed by atoms with van der Waals surface area (Å²) in [5.41, 5.74) is 0. The van der Waals surface area contributed by atoms with Crippen LogP contribution in [0, 0.1) is 0 Å². The molecule has 0 fully saturated rings. The highest BCUT2D eigenvalue weighted by atomic mass is 16.7. The molecule has 138 valence electrons. The minimum atomic E-state index is -1.13. The Bertz CT molecular complexity index is 397. The monoisotopic (exact) mass is 356 g/mol. The summed E-state index contributed by atoms with van der Waals surface area (Å²) in [5, 5.41) is 0. The fraction of sp³-hybridized carbons (Fsp3) is 0.400. The van der Waals surface area contributed by atoms with Crippen LogP contribution in [0.15, 0.2) is 38.0 Å². The Morgan fingerprint density at radius 3 is 1.12 bits per heavy atom. The van der Waals surface area contributed by atoms with Gasteiger partial charge in [-0.25, -0.2) is 14.4 Å². The molecule has 25 heavy (non-hydrogen) atoms. The fourth-order valence-electron chi connectivity index (χ4n) is 1.18. The standard InChI is InChI=1S/C15H21BO9/c1-4-13(17)20-7-10-23-16(24-11-8-21-14(18)5-2)25-12-9-22-15(19)6-3/h4-6H,1-3,7-12H2. The first-order valence-corrected chi connectivity index (χ1v) is 7.25. The molecule has 0 radical (unpaired) electrons. The Kier molecular flexibility index (Phi) is 13.7. The molecule has 0 bridgehead atoms. The summed E-state index contributed by atoms with van der Waals surface area (Å²) >= 11 is 0. The molecule has 0 rings (SSSR count). The highest BCUT2D eigenvalue weighted by Gasteiger charge is 2.21. The molecule has 0 unspecified atom stereocenters. The minimum absolute atomic E-state index is 0.0108. The molecule has 0 atom stereocenters. The van der Waals surface area contributed by atoms with Gasteiger partial charge in [-0.05, 0) is 0 Å². The average molecular weight is 356 g/mol. The number of carbonyl (C=O) groups is 3. The molecule has 0 N–H and O–H groups in total. The van der Waals surface area contributed by atoms with Gasteiger partial charge in [0.1, 0.15) is 19.8 Å². The molecule has 0 aromatic carbocycles. The third-order valence-electron chi connectivity index (χ3n) is 2.24. The summed E-state index contributed by atoms with van der Waals surface area (Å²) in [6.07, 6.45) is 3.06. The lowest BCUT2D eigenvalue weighted by molar-refractivity contribution is -0.139. The van der Waals surface area contributed by atoms with Crippen LogP contribution in [0.5, 0.6) is 0 Å². The van der Waals surface area contributed by atoms with Gasteiger partial charge in [0.05, 0.1) is 19.8 Å². The molecule has 10 heteroatoms. The first-order valence-electron chi connectivity index (χ1n) is 7.25. The van der Waals surface area contributed by atoms with Crippen LogP contribution in [-0.2, 0) is 42.6 Å². The summed E-state index contributed by atoms with van der Waals surface area (Å²) in [4.78, 5) is 32.7. The van der Waals surface area contributed by atoms with Crippen molar-refractivity contribution in [2.24, 2.45) is 0 Å². The van der Waals surface area contributed by atoms with Crippen molar-refractivity contribution in [2.45, 2.75) is 0 Å². The predicted molar refractivity (Wildman–Crippen MR) is 87.1 cm³/mol. The van der Waals surface area contributed by atoms with Crippen molar-refractivity contribution in [1.29, 1.82) is 0 Å². The van der Waals surface area contributed by atoms with E-state index in [2.05, 4.69) is 19.7 Å². The van der Waals surface area contributed by atoms with Gasteiger partial charge in [0.15, 0.2) is 0 Å². The van der Waals surface area contributed by atoms with Gasteiger partial charge in [-0.2, -0.15) is 0 Å². The maximum atomic E-state index is 10.9. The Hall–Kier alpha value is -2.43. The van der Waals surface area contributed by atoms with Crippen LogP contribution in [0.4, 0.5) is 0 Å². The van der Waals surface area contributed by atoms with Gasteiger partial charge in [-0.3, -0.25) is 0 Å². The summed E-state index contributed by atoms with van der Waals surface area (Å²) in [6.45, 7) is 9.62. The van der Waals surface area contributed by atoms with Crippen molar-refractivity contribution < 1.29 is 42.6 Å². The van der Waals surface area contributed by atoms with E-state index in [-0.39, 0.29) is 39.6 Å². The largest absolute Gasteiger partial charge is 0.639 e. The van der Waals surface area contributed by atoms with Crippen molar-refractivity contribution in [2.75, 3.05) is 39.6 Å². The molecule has 0 amide bonds. The first-order chi connectivity index (χ1) is 12.0. The molecule has 0 spiro atoms. The summed E-state index contributed by atoms with van der Waals surface area (Å²) < 4.78 is 29.9. The molecule has 0 saturated heterocycles. The van der Waals surface area contributed by atoms with Crippen LogP contribution in [0.3, 0.4) is 0 Å². The van der Waals surface area contributed by atoms with E-state index in [0.29, 0.717) is 0 Å². The zero-order chi connectivity index (χ0) is 18.9. The van der Waals surface area contributed by atoms with E-state index in [1.807, 2.05) is 0 Å². The Balaban J connectivity index is 4.10. The van der Waals surface area contributed by atoms with Gasteiger partial charge in [0.2, 0.25) is 0 Å². The zero-order valence-corrected chi connectivity index (χ0v) is 13.8. The maximum absolute atomic E-state index is 10.9. The van der Waals surface area contributed by atoms with E-state index in [4.69, 9.17) is 28.2 Å². The highest BCUT2D eigenvalue weighted by molar-refractivity contribution is 6.36. The predicted octanol–water partition coefficient (Wildman–Crippen LogP) is 0.209. The zero-order valence-electron chi connectivity index (χ0n) is 13.8. The van der Waals surface area contributed by atoms with Crippen molar-refractivity contribution in [1.82, 2.24) is 0 Å².